The van der Waals surface area contributed by atoms with Gasteiger partial charge in [-0.1, -0.05) is 29.8 Å². The lowest BCUT2D eigenvalue weighted by Gasteiger charge is -2.38. The summed E-state index contributed by atoms with van der Waals surface area (Å²) < 4.78 is 28.6. The molecule has 36 heavy (non-hydrogen) atoms. The Hall–Kier alpha value is -2.99. The SMILES string of the molecule is CCN(C)C(=N)c1ccc(C(=O)N2CCN(S(=O)(=O)c3cc4ccc(Cl)cc4s3)CC2C(=O)O)cc1. The van der Waals surface area contributed by atoms with Crippen LogP contribution in [0.2, 0.25) is 5.02 Å². The molecular weight excluding hydrogens is 524 g/mol. The molecule has 0 aliphatic carbocycles. The zero-order chi connectivity index (χ0) is 26.2. The molecule has 1 aromatic heterocycles. The van der Waals surface area contributed by atoms with Gasteiger partial charge in [-0.3, -0.25) is 10.2 Å². The Bertz CT molecular complexity index is 1440. The largest absolute Gasteiger partial charge is 0.480 e. The van der Waals surface area contributed by atoms with Gasteiger partial charge in [0.15, 0.2) is 0 Å². The summed E-state index contributed by atoms with van der Waals surface area (Å²) in [4.78, 5) is 28.2. The molecule has 0 spiro atoms. The van der Waals surface area contributed by atoms with Crippen molar-refractivity contribution in [2.45, 2.75) is 17.2 Å². The van der Waals surface area contributed by atoms with Crippen LogP contribution in [0, 0.1) is 5.41 Å². The number of piperazine rings is 1. The number of rotatable bonds is 6. The highest BCUT2D eigenvalue weighted by Gasteiger charge is 2.40. The Morgan fingerprint density at radius 2 is 1.81 bits per heavy atom. The van der Waals surface area contributed by atoms with Crippen LogP contribution in [0.3, 0.4) is 0 Å². The molecule has 2 heterocycles. The second-order valence-corrected chi connectivity index (χ2v) is 12.1. The Labute approximate surface area is 218 Å². The average Bonchev–Trinajstić information content (AvgIpc) is 3.31. The molecule has 1 atom stereocenters. The number of hydrogen-bond acceptors (Lipinski definition) is 6. The van der Waals surface area contributed by atoms with Crippen molar-refractivity contribution in [3.05, 3.63) is 64.7 Å². The molecule has 2 aromatic carbocycles. The summed E-state index contributed by atoms with van der Waals surface area (Å²) in [6.07, 6.45) is 0. The number of aliphatic carboxylic acids is 1. The topological polar surface area (TPSA) is 122 Å². The van der Waals surface area contributed by atoms with E-state index in [4.69, 9.17) is 17.0 Å². The van der Waals surface area contributed by atoms with Crippen LogP contribution in [0.1, 0.15) is 22.8 Å². The van der Waals surface area contributed by atoms with Gasteiger partial charge < -0.3 is 14.9 Å². The molecule has 1 fully saturated rings. The molecule has 2 N–H and O–H groups in total. The van der Waals surface area contributed by atoms with Gasteiger partial charge in [0.2, 0.25) is 0 Å². The molecule has 1 aliphatic heterocycles. The van der Waals surface area contributed by atoms with E-state index >= 15 is 0 Å². The van der Waals surface area contributed by atoms with Crippen LogP contribution < -0.4 is 0 Å². The predicted octanol–water partition coefficient (Wildman–Crippen LogP) is 3.43. The molecule has 1 unspecified atom stereocenters. The number of thiophene rings is 1. The van der Waals surface area contributed by atoms with Crippen LogP contribution >= 0.6 is 22.9 Å². The quantitative estimate of drug-likeness (QED) is 0.359. The number of halogens is 1. The van der Waals surface area contributed by atoms with Gasteiger partial charge in [0, 0.05) is 54.1 Å². The lowest BCUT2D eigenvalue weighted by molar-refractivity contribution is -0.143. The van der Waals surface area contributed by atoms with Crippen molar-refractivity contribution in [1.29, 1.82) is 5.41 Å². The lowest BCUT2D eigenvalue weighted by atomic mass is 10.1. The van der Waals surface area contributed by atoms with E-state index in [1.807, 2.05) is 6.92 Å². The van der Waals surface area contributed by atoms with Crippen molar-refractivity contribution >= 4 is 60.8 Å². The summed E-state index contributed by atoms with van der Waals surface area (Å²) in [5, 5.41) is 19.3. The van der Waals surface area contributed by atoms with E-state index < -0.39 is 27.9 Å². The first-order valence-electron chi connectivity index (χ1n) is 11.2. The third-order valence-corrected chi connectivity index (χ3v) is 9.85. The molecule has 12 heteroatoms. The summed E-state index contributed by atoms with van der Waals surface area (Å²) >= 11 is 7.09. The molecule has 9 nitrogen and oxygen atoms in total. The normalized spacial score (nSPS) is 16.8. The summed E-state index contributed by atoms with van der Waals surface area (Å²) in [7, 11) is -2.17. The maximum absolute atomic E-state index is 13.3. The summed E-state index contributed by atoms with van der Waals surface area (Å²) in [6.45, 7) is 2.12. The Kier molecular flexibility index (Phi) is 7.37. The number of carboxylic acid groups (broad SMARTS) is 1. The number of carboxylic acids is 1. The first-order valence-corrected chi connectivity index (χ1v) is 13.8. The number of carbonyl (C=O) groups excluding carboxylic acids is 1. The molecule has 1 amide bonds. The van der Waals surface area contributed by atoms with Gasteiger partial charge in [-0.05, 0) is 42.6 Å². The van der Waals surface area contributed by atoms with E-state index in [1.165, 1.54) is 4.90 Å². The first-order chi connectivity index (χ1) is 17.0. The standard InChI is InChI=1S/C24H25ClN4O5S2/c1-3-27(2)22(26)15-4-6-16(7-5-15)23(30)29-11-10-28(14-19(29)24(31)32)36(33,34)21-12-17-8-9-18(25)13-20(17)35-21/h4-9,12-13,19,26H,3,10-11,14H2,1-2H3,(H,31,32). The Morgan fingerprint density at radius 1 is 1.14 bits per heavy atom. The van der Waals surface area contributed by atoms with E-state index in [9.17, 15) is 23.1 Å². The van der Waals surface area contributed by atoms with Gasteiger partial charge in [0.25, 0.3) is 15.9 Å². The highest BCUT2D eigenvalue weighted by molar-refractivity contribution is 7.91. The van der Waals surface area contributed by atoms with Gasteiger partial charge in [-0.25, -0.2) is 13.2 Å². The molecule has 1 aliphatic rings. The van der Waals surface area contributed by atoms with Crippen molar-refractivity contribution in [2.75, 3.05) is 33.2 Å². The molecule has 0 bridgehead atoms. The lowest BCUT2D eigenvalue weighted by Crippen LogP contribution is -2.59. The number of sulfonamides is 1. The Morgan fingerprint density at radius 3 is 2.44 bits per heavy atom. The van der Waals surface area contributed by atoms with Crippen LogP contribution in [-0.4, -0.2) is 84.6 Å². The number of nitrogens with zero attached hydrogens (tertiary/aromatic N) is 3. The van der Waals surface area contributed by atoms with E-state index in [2.05, 4.69) is 0 Å². The van der Waals surface area contributed by atoms with Crippen LogP contribution in [0.4, 0.5) is 0 Å². The van der Waals surface area contributed by atoms with Crippen LogP contribution in [-0.2, 0) is 14.8 Å². The van der Waals surface area contributed by atoms with Gasteiger partial charge in [0.05, 0.1) is 0 Å². The predicted molar refractivity (Wildman–Crippen MR) is 140 cm³/mol. The Balaban J connectivity index is 1.54. The number of hydrogen-bond donors (Lipinski definition) is 2. The highest BCUT2D eigenvalue weighted by Crippen LogP contribution is 2.33. The summed E-state index contributed by atoms with van der Waals surface area (Å²) in [6, 6.07) is 11.7. The van der Waals surface area contributed by atoms with Crippen molar-refractivity contribution < 1.29 is 23.1 Å². The maximum Gasteiger partial charge on any atom is 0.327 e. The minimum Gasteiger partial charge on any atom is -0.480 e. The minimum atomic E-state index is -3.96. The fourth-order valence-electron chi connectivity index (χ4n) is 3.98. The molecule has 1 saturated heterocycles. The average molecular weight is 549 g/mol. The number of amides is 1. The van der Waals surface area contributed by atoms with Crippen molar-refractivity contribution in [1.82, 2.24) is 14.1 Å². The molecule has 0 saturated carbocycles. The fourth-order valence-corrected chi connectivity index (χ4v) is 7.25. The number of carbonyl (C=O) groups is 2. The summed E-state index contributed by atoms with van der Waals surface area (Å²) in [5.41, 5.74) is 0.904. The molecule has 190 valence electrons. The van der Waals surface area contributed by atoms with Crippen molar-refractivity contribution in [2.24, 2.45) is 0 Å². The molecule has 4 rings (SSSR count). The number of benzene rings is 2. The zero-order valence-electron chi connectivity index (χ0n) is 19.6. The second kappa shape index (κ2) is 10.2. The van der Waals surface area contributed by atoms with Gasteiger partial charge in [-0.2, -0.15) is 4.31 Å². The molecule has 3 aromatic rings. The minimum absolute atomic E-state index is 0.0309. The number of nitrogens with one attached hydrogen (secondary N) is 1. The number of amidine groups is 1. The first kappa shape index (κ1) is 26.1. The van der Waals surface area contributed by atoms with Gasteiger partial charge in [-0.15, -0.1) is 11.3 Å². The van der Waals surface area contributed by atoms with Crippen LogP contribution in [0.15, 0.2) is 52.7 Å². The van der Waals surface area contributed by atoms with Crippen LogP contribution in [0.25, 0.3) is 10.1 Å². The third kappa shape index (κ3) is 4.96. The van der Waals surface area contributed by atoms with Crippen molar-refractivity contribution in [3.8, 4) is 0 Å². The molecular formula is C24H25ClN4O5S2. The van der Waals surface area contributed by atoms with E-state index in [1.54, 1.807) is 60.5 Å². The number of fused-ring (bicyclic) bond motifs is 1. The third-order valence-electron chi connectivity index (χ3n) is 6.20. The highest BCUT2D eigenvalue weighted by atomic mass is 35.5. The smallest absolute Gasteiger partial charge is 0.327 e. The van der Waals surface area contributed by atoms with Crippen molar-refractivity contribution in [3.63, 3.8) is 0 Å². The second-order valence-electron chi connectivity index (χ2n) is 8.40. The monoisotopic (exact) mass is 548 g/mol. The fraction of sp³-hybridized carbons (Fsp3) is 0.292. The van der Waals surface area contributed by atoms with E-state index in [0.717, 1.165) is 21.0 Å². The van der Waals surface area contributed by atoms with E-state index in [0.29, 0.717) is 27.7 Å². The van der Waals surface area contributed by atoms with Gasteiger partial charge in [0.1, 0.15) is 16.1 Å². The van der Waals surface area contributed by atoms with E-state index in [-0.39, 0.29) is 29.4 Å². The maximum atomic E-state index is 13.3. The zero-order valence-corrected chi connectivity index (χ0v) is 22.0. The van der Waals surface area contributed by atoms with Gasteiger partial charge >= 0.3 is 5.97 Å². The molecule has 0 radical (unpaired) electrons. The van der Waals surface area contributed by atoms with Crippen LogP contribution in [0.5, 0.6) is 0 Å². The summed E-state index contributed by atoms with van der Waals surface area (Å²) in [5.74, 6) is -1.48.